The molecule has 1 aromatic heterocycles. The molecule has 98 valence electrons. The molecule has 0 aliphatic carbocycles. The highest BCUT2D eigenvalue weighted by Gasteiger charge is 2.18. The summed E-state index contributed by atoms with van der Waals surface area (Å²) >= 11 is 1.59. The van der Waals surface area contributed by atoms with Crippen LogP contribution >= 0.6 is 11.3 Å². The second-order valence-electron chi connectivity index (χ2n) is 4.68. The molecule has 5 heteroatoms. The number of benzene rings is 1. The third kappa shape index (κ3) is 1.53. The number of aryl methyl sites for hydroxylation is 1. The van der Waals surface area contributed by atoms with E-state index in [0.717, 1.165) is 15.9 Å². The number of nitrogens with one attached hydrogen (secondary N) is 1. The minimum Gasteiger partial charge on any atom is -0.357 e. The van der Waals surface area contributed by atoms with Gasteiger partial charge in [0.05, 0.1) is 15.9 Å². The molecule has 0 amide bonds. The molecular weight excluding hydrogens is 270 g/mol. The molecule has 0 fully saturated rings. The van der Waals surface area contributed by atoms with Crippen LogP contribution < -0.4 is 5.56 Å². The zero-order chi connectivity index (χ0) is 13.7. The van der Waals surface area contributed by atoms with Gasteiger partial charge in [0, 0.05) is 11.1 Å². The maximum atomic E-state index is 12.6. The van der Waals surface area contributed by atoms with E-state index in [2.05, 4.69) is 9.97 Å². The summed E-state index contributed by atoms with van der Waals surface area (Å²) in [5, 5.41) is 0. The molecule has 3 heterocycles. The molecule has 20 heavy (non-hydrogen) atoms. The second-order valence-corrected chi connectivity index (χ2v) is 5.96. The number of para-hydroxylation sites is 2. The number of imidazole rings is 1. The van der Waals surface area contributed by atoms with Crippen molar-refractivity contribution in [2.45, 2.75) is 6.92 Å². The van der Waals surface area contributed by atoms with Crippen molar-refractivity contribution >= 4 is 22.4 Å². The maximum absolute atomic E-state index is 12.6. The Kier molecular flexibility index (Phi) is 2.31. The van der Waals surface area contributed by atoms with Crippen molar-refractivity contribution in [1.29, 1.82) is 0 Å². The number of H-pyrrole nitrogens is 1. The summed E-state index contributed by atoms with van der Waals surface area (Å²) in [6.07, 6.45) is 1.77. The second kappa shape index (κ2) is 4.05. The molecule has 1 N–H and O–H groups in total. The standard InChI is InChI=1S/C15H11N3OS/c1-9-6-7-12(20-9)14-15(19)18-11-5-3-2-4-10(11)16-8-13(18)17-14/h2-8,16H,1H3. The van der Waals surface area contributed by atoms with Crippen molar-refractivity contribution in [2.24, 2.45) is 0 Å². The van der Waals surface area contributed by atoms with E-state index < -0.39 is 0 Å². The van der Waals surface area contributed by atoms with Gasteiger partial charge in [0.15, 0.2) is 5.82 Å². The molecule has 2 aromatic rings. The van der Waals surface area contributed by atoms with Gasteiger partial charge in [-0.05, 0) is 31.2 Å². The van der Waals surface area contributed by atoms with Crippen LogP contribution in [0.4, 0.5) is 0 Å². The normalized spacial score (nSPS) is 11.4. The van der Waals surface area contributed by atoms with Gasteiger partial charge in [-0.25, -0.2) is 4.98 Å². The molecule has 0 saturated carbocycles. The monoisotopic (exact) mass is 281 g/mol. The van der Waals surface area contributed by atoms with Crippen LogP contribution in [-0.4, -0.2) is 14.5 Å². The topological polar surface area (TPSA) is 50.7 Å². The van der Waals surface area contributed by atoms with Gasteiger partial charge in [0.1, 0.15) is 5.69 Å². The van der Waals surface area contributed by atoms with Gasteiger partial charge in [-0.15, -0.1) is 11.3 Å². The molecule has 0 radical (unpaired) electrons. The highest BCUT2D eigenvalue weighted by molar-refractivity contribution is 7.15. The molecule has 2 aliphatic heterocycles. The molecule has 0 atom stereocenters. The molecule has 2 aliphatic rings. The van der Waals surface area contributed by atoms with Gasteiger partial charge in [-0.3, -0.25) is 9.36 Å². The Morgan fingerprint density at radius 3 is 2.85 bits per heavy atom. The Hall–Kier alpha value is -2.40. The van der Waals surface area contributed by atoms with Crippen LogP contribution in [0.5, 0.6) is 0 Å². The first-order valence-corrected chi connectivity index (χ1v) is 7.11. The average molecular weight is 281 g/mol. The third-order valence-electron chi connectivity index (χ3n) is 3.34. The summed E-state index contributed by atoms with van der Waals surface area (Å²) in [4.78, 5) is 22.4. The lowest BCUT2D eigenvalue weighted by molar-refractivity contribution is 1.03. The molecular formula is C15H11N3OS. The fourth-order valence-electron chi connectivity index (χ4n) is 2.41. The Morgan fingerprint density at radius 1 is 1.20 bits per heavy atom. The van der Waals surface area contributed by atoms with E-state index >= 15 is 0 Å². The lowest BCUT2D eigenvalue weighted by Crippen LogP contribution is -2.14. The van der Waals surface area contributed by atoms with Crippen LogP contribution in [0.3, 0.4) is 0 Å². The highest BCUT2D eigenvalue weighted by atomic mass is 32.1. The molecule has 0 spiro atoms. The average Bonchev–Trinajstić information content (AvgIpc) is 3.03. The summed E-state index contributed by atoms with van der Waals surface area (Å²) in [5.74, 6) is 0.648. The van der Waals surface area contributed by atoms with Gasteiger partial charge >= 0.3 is 0 Å². The van der Waals surface area contributed by atoms with Gasteiger partial charge in [0.25, 0.3) is 5.56 Å². The van der Waals surface area contributed by atoms with E-state index in [1.165, 1.54) is 4.88 Å². The van der Waals surface area contributed by atoms with E-state index in [-0.39, 0.29) is 5.56 Å². The number of aromatic amines is 1. The number of hydrogen-bond acceptors (Lipinski definition) is 3. The Labute approximate surface area is 118 Å². The van der Waals surface area contributed by atoms with Crippen molar-refractivity contribution in [1.82, 2.24) is 14.5 Å². The number of thiophene rings is 1. The lowest BCUT2D eigenvalue weighted by atomic mass is 10.3. The molecule has 0 saturated heterocycles. The van der Waals surface area contributed by atoms with E-state index in [1.54, 1.807) is 22.1 Å². The van der Waals surface area contributed by atoms with Crippen LogP contribution in [-0.2, 0) is 0 Å². The minimum atomic E-state index is -0.0629. The largest absolute Gasteiger partial charge is 0.357 e. The van der Waals surface area contributed by atoms with Crippen molar-refractivity contribution in [3.8, 4) is 16.4 Å². The Morgan fingerprint density at radius 2 is 2.05 bits per heavy atom. The molecule has 0 bridgehead atoms. The van der Waals surface area contributed by atoms with E-state index in [9.17, 15) is 4.79 Å². The first kappa shape index (κ1) is 11.4. The smallest absolute Gasteiger partial charge is 0.284 e. The highest BCUT2D eigenvalue weighted by Crippen LogP contribution is 2.26. The van der Waals surface area contributed by atoms with Gasteiger partial charge < -0.3 is 4.98 Å². The zero-order valence-corrected chi connectivity index (χ0v) is 11.6. The van der Waals surface area contributed by atoms with E-state index in [0.29, 0.717) is 11.5 Å². The fourth-order valence-corrected chi connectivity index (χ4v) is 3.26. The molecule has 4 nitrogen and oxygen atoms in total. The van der Waals surface area contributed by atoms with E-state index in [4.69, 9.17) is 0 Å². The van der Waals surface area contributed by atoms with Crippen LogP contribution in [0.2, 0.25) is 0 Å². The lowest BCUT2D eigenvalue weighted by Gasteiger charge is -2.05. The fraction of sp³-hybridized carbons (Fsp3) is 0.0667. The SMILES string of the molecule is Cc1ccc(-c2nc3c[nH]c4ccccc4n-3c2=O)s1. The number of fused-ring (bicyclic) bond motifs is 3. The Balaban J connectivity index is 2.11. The van der Waals surface area contributed by atoms with Crippen molar-refractivity contribution in [3.63, 3.8) is 0 Å². The van der Waals surface area contributed by atoms with Crippen molar-refractivity contribution in [2.75, 3.05) is 0 Å². The van der Waals surface area contributed by atoms with Crippen molar-refractivity contribution in [3.05, 3.63) is 57.8 Å². The van der Waals surface area contributed by atoms with Crippen LogP contribution in [0.1, 0.15) is 4.88 Å². The predicted octanol–water partition coefficient (Wildman–Crippen LogP) is 3.19. The first-order valence-electron chi connectivity index (χ1n) is 6.30. The van der Waals surface area contributed by atoms with Gasteiger partial charge in [0.2, 0.25) is 0 Å². The quantitative estimate of drug-likeness (QED) is 0.582. The zero-order valence-electron chi connectivity index (χ0n) is 10.8. The van der Waals surface area contributed by atoms with Crippen LogP contribution in [0, 0.1) is 6.92 Å². The predicted molar refractivity (Wildman–Crippen MR) is 80.9 cm³/mol. The number of rotatable bonds is 1. The summed E-state index contributed by atoms with van der Waals surface area (Å²) in [5.41, 5.74) is 2.23. The van der Waals surface area contributed by atoms with Crippen LogP contribution in [0.15, 0.2) is 47.4 Å². The third-order valence-corrected chi connectivity index (χ3v) is 4.34. The van der Waals surface area contributed by atoms with Gasteiger partial charge in [-0.2, -0.15) is 0 Å². The van der Waals surface area contributed by atoms with Crippen molar-refractivity contribution < 1.29 is 0 Å². The molecule has 1 aromatic carbocycles. The van der Waals surface area contributed by atoms with E-state index in [1.807, 2.05) is 43.3 Å². The van der Waals surface area contributed by atoms with Crippen LogP contribution in [0.25, 0.3) is 27.4 Å². The summed E-state index contributed by atoms with van der Waals surface area (Å²) in [7, 11) is 0. The number of aromatic nitrogens is 3. The maximum Gasteiger partial charge on any atom is 0.284 e. The molecule has 4 rings (SSSR count). The Bertz CT molecular complexity index is 947. The minimum absolute atomic E-state index is 0.0629. The molecule has 0 unspecified atom stereocenters. The summed E-state index contributed by atoms with van der Waals surface area (Å²) in [6.45, 7) is 2.03. The first-order chi connectivity index (χ1) is 9.74. The number of hydrogen-bond donors (Lipinski definition) is 1. The number of nitrogens with zero attached hydrogens (tertiary/aromatic N) is 2. The summed E-state index contributed by atoms with van der Waals surface area (Å²) < 4.78 is 1.66. The van der Waals surface area contributed by atoms with Gasteiger partial charge in [-0.1, -0.05) is 12.1 Å². The summed E-state index contributed by atoms with van der Waals surface area (Å²) in [6, 6.07) is 11.7.